The summed E-state index contributed by atoms with van der Waals surface area (Å²) >= 11 is 3.50. The minimum absolute atomic E-state index is 0.613. The standard InChI is InChI=1S/C13H20BrN3O/c1-10-15-12(9-13(16-10)18-2)17-8-4-6-11(17)5-3-7-14/h9,11H,3-8H2,1-2H3. The van der Waals surface area contributed by atoms with Gasteiger partial charge in [-0.3, -0.25) is 0 Å². The van der Waals surface area contributed by atoms with E-state index in [9.17, 15) is 0 Å². The van der Waals surface area contributed by atoms with Crippen LogP contribution in [0.1, 0.15) is 31.5 Å². The topological polar surface area (TPSA) is 38.2 Å². The van der Waals surface area contributed by atoms with Gasteiger partial charge in [0.1, 0.15) is 11.6 Å². The maximum atomic E-state index is 5.23. The number of alkyl halides is 1. The number of ether oxygens (including phenoxy) is 1. The fourth-order valence-electron chi connectivity index (χ4n) is 2.53. The van der Waals surface area contributed by atoms with Gasteiger partial charge in [0.05, 0.1) is 7.11 Å². The molecule has 0 spiro atoms. The summed E-state index contributed by atoms with van der Waals surface area (Å²) < 4.78 is 5.23. The number of rotatable bonds is 5. The van der Waals surface area contributed by atoms with Gasteiger partial charge in [0, 0.05) is 24.0 Å². The highest BCUT2D eigenvalue weighted by molar-refractivity contribution is 9.09. The number of anilines is 1. The Kier molecular flexibility index (Phi) is 4.80. The molecule has 0 bridgehead atoms. The monoisotopic (exact) mass is 313 g/mol. The first kappa shape index (κ1) is 13.6. The Morgan fingerprint density at radius 3 is 3.06 bits per heavy atom. The molecule has 2 heterocycles. The number of nitrogens with zero attached hydrogens (tertiary/aromatic N) is 3. The first-order valence-electron chi connectivity index (χ1n) is 6.47. The van der Waals surface area contributed by atoms with Crippen LogP contribution in [-0.2, 0) is 0 Å². The third-order valence-electron chi connectivity index (χ3n) is 3.35. The van der Waals surface area contributed by atoms with Gasteiger partial charge in [0.25, 0.3) is 0 Å². The molecule has 4 nitrogen and oxygen atoms in total. The Bertz CT molecular complexity index is 400. The van der Waals surface area contributed by atoms with E-state index in [0.29, 0.717) is 11.9 Å². The highest BCUT2D eigenvalue weighted by Gasteiger charge is 2.25. The van der Waals surface area contributed by atoms with Crippen LogP contribution in [0.25, 0.3) is 0 Å². The third kappa shape index (κ3) is 3.13. The predicted octanol–water partition coefficient (Wildman–Crippen LogP) is 2.94. The second-order valence-electron chi connectivity index (χ2n) is 4.64. The molecule has 0 aliphatic carbocycles. The molecule has 0 N–H and O–H groups in total. The normalized spacial score (nSPS) is 19.3. The van der Waals surface area contributed by atoms with E-state index in [2.05, 4.69) is 30.8 Å². The van der Waals surface area contributed by atoms with E-state index in [-0.39, 0.29) is 0 Å². The maximum Gasteiger partial charge on any atom is 0.218 e. The Balaban J connectivity index is 2.16. The summed E-state index contributed by atoms with van der Waals surface area (Å²) in [5.41, 5.74) is 0. The zero-order valence-corrected chi connectivity index (χ0v) is 12.6. The van der Waals surface area contributed by atoms with E-state index in [1.807, 2.05) is 13.0 Å². The van der Waals surface area contributed by atoms with Gasteiger partial charge in [-0.2, -0.15) is 4.98 Å². The fraction of sp³-hybridized carbons (Fsp3) is 0.692. The Morgan fingerprint density at radius 1 is 1.50 bits per heavy atom. The van der Waals surface area contributed by atoms with Crippen molar-refractivity contribution in [3.63, 3.8) is 0 Å². The van der Waals surface area contributed by atoms with Crippen molar-refractivity contribution in [3.05, 3.63) is 11.9 Å². The number of methoxy groups -OCH3 is 1. The van der Waals surface area contributed by atoms with Gasteiger partial charge >= 0.3 is 0 Å². The molecule has 0 aromatic carbocycles. The Labute approximate surface area is 117 Å². The van der Waals surface area contributed by atoms with Crippen LogP contribution in [0.2, 0.25) is 0 Å². The zero-order valence-electron chi connectivity index (χ0n) is 11.0. The van der Waals surface area contributed by atoms with E-state index in [1.54, 1.807) is 7.11 Å². The van der Waals surface area contributed by atoms with Crippen LogP contribution in [0.3, 0.4) is 0 Å². The predicted molar refractivity (Wildman–Crippen MR) is 76.7 cm³/mol. The van der Waals surface area contributed by atoms with Crippen LogP contribution in [0, 0.1) is 6.92 Å². The Hall–Kier alpha value is -0.840. The lowest BCUT2D eigenvalue weighted by atomic mass is 10.1. The highest BCUT2D eigenvalue weighted by atomic mass is 79.9. The molecule has 1 aromatic heterocycles. The second-order valence-corrected chi connectivity index (χ2v) is 5.43. The summed E-state index contributed by atoms with van der Waals surface area (Å²) in [4.78, 5) is 11.2. The minimum atomic E-state index is 0.613. The van der Waals surface area contributed by atoms with Gasteiger partial charge < -0.3 is 9.64 Å². The zero-order chi connectivity index (χ0) is 13.0. The molecule has 1 fully saturated rings. The van der Waals surface area contributed by atoms with Gasteiger partial charge in [-0.05, 0) is 32.6 Å². The molecule has 0 saturated carbocycles. The van der Waals surface area contributed by atoms with Crippen LogP contribution >= 0.6 is 15.9 Å². The van der Waals surface area contributed by atoms with Crippen molar-refractivity contribution >= 4 is 21.7 Å². The van der Waals surface area contributed by atoms with E-state index >= 15 is 0 Å². The van der Waals surface area contributed by atoms with Gasteiger partial charge in [-0.25, -0.2) is 4.98 Å². The number of halogens is 1. The van der Waals surface area contributed by atoms with E-state index in [4.69, 9.17) is 4.74 Å². The number of hydrogen-bond donors (Lipinski definition) is 0. The van der Waals surface area contributed by atoms with Crippen molar-refractivity contribution in [2.45, 2.75) is 38.6 Å². The van der Waals surface area contributed by atoms with Crippen LogP contribution in [0.4, 0.5) is 5.82 Å². The fourth-order valence-corrected chi connectivity index (χ4v) is 2.85. The molecular formula is C13H20BrN3O. The minimum Gasteiger partial charge on any atom is -0.481 e. The lowest BCUT2D eigenvalue weighted by Crippen LogP contribution is -2.30. The quantitative estimate of drug-likeness (QED) is 0.783. The molecule has 1 saturated heterocycles. The molecule has 1 aliphatic rings. The maximum absolute atomic E-state index is 5.23. The molecule has 100 valence electrons. The Morgan fingerprint density at radius 2 is 2.33 bits per heavy atom. The van der Waals surface area contributed by atoms with Gasteiger partial charge in [0.15, 0.2) is 0 Å². The van der Waals surface area contributed by atoms with Crippen molar-refractivity contribution in [1.29, 1.82) is 0 Å². The summed E-state index contributed by atoms with van der Waals surface area (Å²) in [5.74, 6) is 2.44. The number of hydrogen-bond acceptors (Lipinski definition) is 4. The number of aromatic nitrogens is 2. The third-order valence-corrected chi connectivity index (χ3v) is 3.91. The van der Waals surface area contributed by atoms with Crippen molar-refractivity contribution < 1.29 is 4.74 Å². The van der Waals surface area contributed by atoms with Gasteiger partial charge in [-0.15, -0.1) is 0 Å². The molecule has 2 rings (SSSR count). The van der Waals surface area contributed by atoms with Crippen LogP contribution in [0.5, 0.6) is 5.88 Å². The molecule has 18 heavy (non-hydrogen) atoms. The average molecular weight is 314 g/mol. The first-order chi connectivity index (χ1) is 8.74. The smallest absolute Gasteiger partial charge is 0.218 e. The van der Waals surface area contributed by atoms with Crippen LogP contribution < -0.4 is 9.64 Å². The lowest BCUT2D eigenvalue weighted by Gasteiger charge is -2.26. The number of aryl methyl sites for hydroxylation is 1. The molecule has 1 atom stereocenters. The molecule has 5 heteroatoms. The molecular weight excluding hydrogens is 294 g/mol. The molecule has 1 unspecified atom stereocenters. The van der Waals surface area contributed by atoms with Crippen LogP contribution in [-0.4, -0.2) is 35.0 Å². The van der Waals surface area contributed by atoms with Gasteiger partial charge in [0.2, 0.25) is 5.88 Å². The molecule has 1 aromatic rings. The van der Waals surface area contributed by atoms with Gasteiger partial charge in [-0.1, -0.05) is 15.9 Å². The van der Waals surface area contributed by atoms with Crippen molar-refractivity contribution in [2.75, 3.05) is 23.9 Å². The SMILES string of the molecule is COc1cc(N2CCCC2CCCBr)nc(C)n1. The van der Waals surface area contributed by atoms with E-state index < -0.39 is 0 Å². The summed E-state index contributed by atoms with van der Waals surface area (Å²) in [6.07, 6.45) is 4.94. The summed E-state index contributed by atoms with van der Waals surface area (Å²) in [5, 5.41) is 1.07. The molecule has 0 amide bonds. The summed E-state index contributed by atoms with van der Waals surface area (Å²) in [7, 11) is 1.65. The van der Waals surface area contributed by atoms with Crippen molar-refractivity contribution in [3.8, 4) is 5.88 Å². The van der Waals surface area contributed by atoms with Crippen LogP contribution in [0.15, 0.2) is 6.07 Å². The first-order valence-corrected chi connectivity index (χ1v) is 7.59. The summed E-state index contributed by atoms with van der Waals surface area (Å²) in [6.45, 7) is 3.00. The highest BCUT2D eigenvalue weighted by Crippen LogP contribution is 2.28. The second kappa shape index (κ2) is 6.36. The largest absolute Gasteiger partial charge is 0.481 e. The summed E-state index contributed by atoms with van der Waals surface area (Å²) in [6, 6.07) is 2.56. The molecule has 1 aliphatic heterocycles. The molecule has 0 radical (unpaired) electrons. The lowest BCUT2D eigenvalue weighted by molar-refractivity contribution is 0.395. The van der Waals surface area contributed by atoms with Crippen molar-refractivity contribution in [1.82, 2.24) is 9.97 Å². The average Bonchev–Trinajstić information content (AvgIpc) is 2.83. The van der Waals surface area contributed by atoms with E-state index in [0.717, 1.165) is 23.5 Å². The van der Waals surface area contributed by atoms with Crippen molar-refractivity contribution in [2.24, 2.45) is 0 Å². The van der Waals surface area contributed by atoms with E-state index in [1.165, 1.54) is 25.7 Å².